The largest absolute Gasteiger partial charge is 0.481 e. The highest BCUT2D eigenvalue weighted by molar-refractivity contribution is 5.98. The number of carboxylic acids is 3. The molecule has 0 aromatic carbocycles. The fourth-order valence-electron chi connectivity index (χ4n) is 6.93. The van der Waals surface area contributed by atoms with Gasteiger partial charge in [-0.15, -0.1) is 0 Å². The third-order valence-corrected chi connectivity index (χ3v) is 10.9. The van der Waals surface area contributed by atoms with Gasteiger partial charge in [0.25, 0.3) is 0 Å². The second-order valence-corrected chi connectivity index (χ2v) is 17.0. The van der Waals surface area contributed by atoms with Crippen molar-refractivity contribution < 1.29 is 93.3 Å². The topological polar surface area (TPSA) is 501 Å². The van der Waals surface area contributed by atoms with Crippen LogP contribution in [0.5, 0.6) is 0 Å². The van der Waals surface area contributed by atoms with Gasteiger partial charge in [-0.1, -0.05) is 13.8 Å². The molecule has 0 aliphatic carbocycles. The Kier molecular flexibility index (Phi) is 24.6. The fraction of sp³-hybridized carbons (Fsp3) is 0.634. The maximum atomic E-state index is 13.9. The molecule has 2 heterocycles. The van der Waals surface area contributed by atoms with Gasteiger partial charge in [-0.05, 0) is 39.0 Å². The molecule has 11 atom stereocenters. The van der Waals surface area contributed by atoms with Crippen molar-refractivity contribution in [2.45, 2.75) is 133 Å². The van der Waals surface area contributed by atoms with Crippen LogP contribution in [0, 0.1) is 5.92 Å². The minimum atomic E-state index is -1.91. The van der Waals surface area contributed by atoms with E-state index in [0.29, 0.717) is 5.69 Å². The summed E-state index contributed by atoms with van der Waals surface area (Å²) in [6.07, 6.45) is -2.43. The Morgan fingerprint density at radius 3 is 1.75 bits per heavy atom. The molecule has 0 spiro atoms. The Hall–Kier alpha value is -7.35. The molecule has 9 amide bonds. The lowest BCUT2D eigenvalue weighted by molar-refractivity contribution is -0.148. The lowest BCUT2D eigenvalue weighted by Crippen LogP contribution is -2.61. The first-order valence-electron chi connectivity index (χ1n) is 22.4. The molecule has 1 aliphatic rings. The Labute approximate surface area is 410 Å². The van der Waals surface area contributed by atoms with Crippen LogP contribution in [0.2, 0.25) is 0 Å². The van der Waals surface area contributed by atoms with Crippen LogP contribution in [0.15, 0.2) is 12.5 Å². The molecule has 18 N–H and O–H groups in total. The fourth-order valence-corrected chi connectivity index (χ4v) is 6.93. The summed E-state index contributed by atoms with van der Waals surface area (Å²) in [5.41, 5.74) is 6.40. The summed E-state index contributed by atoms with van der Waals surface area (Å²) >= 11 is 0. The summed E-state index contributed by atoms with van der Waals surface area (Å²) in [7, 11) is 0. The maximum absolute atomic E-state index is 13.9. The quantitative estimate of drug-likeness (QED) is 0.0340. The number of H-pyrrole nitrogens is 1. The Bertz CT molecular complexity index is 2110. The number of nitrogens with zero attached hydrogens (tertiary/aromatic N) is 2. The van der Waals surface area contributed by atoms with Gasteiger partial charge in [-0.2, -0.15) is 0 Å². The van der Waals surface area contributed by atoms with Crippen LogP contribution >= 0.6 is 0 Å². The predicted molar refractivity (Wildman–Crippen MR) is 241 cm³/mol. The number of nitrogens with one attached hydrogen (secondary N) is 9. The van der Waals surface area contributed by atoms with Gasteiger partial charge in [-0.25, -0.2) is 9.78 Å². The number of likely N-dealkylation sites (tertiary alicyclic amines) is 1. The number of aliphatic carboxylic acids is 3. The number of hydrogen-bond acceptors (Lipinski definition) is 18. The van der Waals surface area contributed by atoms with Gasteiger partial charge < -0.3 is 93.9 Å². The van der Waals surface area contributed by atoms with Crippen LogP contribution in [0.3, 0.4) is 0 Å². The van der Waals surface area contributed by atoms with Gasteiger partial charge >= 0.3 is 17.9 Å². The number of carbonyl (C=O) groups is 12. The SMILES string of the molecule is CC(C)[C@H](NC(=O)[C@H](CO)NC(=O)CNC(=O)[C@H](CO)NC(=O)[C@@H](NC(=O)[C@H](CCC(=O)O)NC(=O)[C@@H](N)Cc1cnc[nH]1)[C@@H](C)O)C(=O)N1CCC[C@H]1C(=O)N[C@H](C(=O)N[C@@H](CC(=O)O)C(=O)O)[C@@H](C)O. The van der Waals surface area contributed by atoms with E-state index < -0.39 is 183 Å². The molecule has 1 fully saturated rings. The molecule has 0 radical (unpaired) electrons. The molecule has 2 rings (SSSR count). The van der Waals surface area contributed by atoms with E-state index >= 15 is 0 Å². The first kappa shape index (κ1) is 60.8. The Balaban J connectivity index is 2.07. The molecular weight excluding hydrogens is 965 g/mol. The summed E-state index contributed by atoms with van der Waals surface area (Å²) < 4.78 is 0. The van der Waals surface area contributed by atoms with Gasteiger partial charge in [0.15, 0.2) is 0 Å². The van der Waals surface area contributed by atoms with Crippen molar-refractivity contribution in [3.63, 3.8) is 0 Å². The number of imidazole rings is 1. The van der Waals surface area contributed by atoms with Crippen LogP contribution in [-0.2, 0) is 64.0 Å². The van der Waals surface area contributed by atoms with Gasteiger partial charge in [0.05, 0.1) is 50.8 Å². The first-order chi connectivity index (χ1) is 33.7. The zero-order valence-electron chi connectivity index (χ0n) is 39.7. The molecule has 0 bridgehead atoms. The minimum absolute atomic E-state index is 0.0245. The van der Waals surface area contributed by atoms with E-state index in [9.17, 15) is 88.2 Å². The molecule has 0 unspecified atom stereocenters. The summed E-state index contributed by atoms with van der Waals surface area (Å²) in [5.74, 6) is -14.9. The number of hydrogen-bond donors (Lipinski definition) is 17. The molecule has 0 saturated carbocycles. The average molecular weight is 1030 g/mol. The number of carboxylic acid groups (broad SMARTS) is 3. The molecule has 31 nitrogen and oxygen atoms in total. The van der Waals surface area contributed by atoms with Crippen molar-refractivity contribution >= 4 is 71.1 Å². The van der Waals surface area contributed by atoms with Crippen molar-refractivity contribution in [3.05, 3.63) is 18.2 Å². The average Bonchev–Trinajstić information content (AvgIpc) is 4.02. The van der Waals surface area contributed by atoms with Crippen LogP contribution in [0.4, 0.5) is 0 Å². The van der Waals surface area contributed by atoms with E-state index in [1.807, 2.05) is 5.32 Å². The third kappa shape index (κ3) is 19.1. The molecule has 31 heteroatoms. The molecular formula is C41H64N12O19. The highest BCUT2D eigenvalue weighted by Gasteiger charge is 2.42. The van der Waals surface area contributed by atoms with Crippen LogP contribution in [-0.4, -0.2) is 215 Å². The lowest BCUT2D eigenvalue weighted by Gasteiger charge is -2.32. The lowest BCUT2D eigenvalue weighted by atomic mass is 10.0. The van der Waals surface area contributed by atoms with Gasteiger partial charge in [0.1, 0.15) is 48.3 Å². The third-order valence-electron chi connectivity index (χ3n) is 10.9. The van der Waals surface area contributed by atoms with Crippen molar-refractivity contribution in [1.82, 2.24) is 57.4 Å². The number of rotatable bonds is 30. The van der Waals surface area contributed by atoms with Crippen LogP contribution < -0.4 is 48.3 Å². The number of aromatic amines is 1. The minimum Gasteiger partial charge on any atom is -0.481 e. The summed E-state index contributed by atoms with van der Waals surface area (Å²) in [6.45, 7) is 2.11. The van der Waals surface area contributed by atoms with Gasteiger partial charge in [-0.3, -0.25) is 52.7 Å². The zero-order valence-corrected chi connectivity index (χ0v) is 39.7. The van der Waals surface area contributed by atoms with Crippen molar-refractivity contribution in [2.75, 3.05) is 26.3 Å². The van der Waals surface area contributed by atoms with E-state index in [1.165, 1.54) is 26.4 Å². The number of aliphatic hydroxyl groups is 4. The van der Waals surface area contributed by atoms with Gasteiger partial charge in [0.2, 0.25) is 53.2 Å². The monoisotopic (exact) mass is 1030 g/mol. The maximum Gasteiger partial charge on any atom is 0.326 e. The molecule has 1 aromatic rings. The van der Waals surface area contributed by atoms with E-state index in [-0.39, 0.29) is 25.8 Å². The highest BCUT2D eigenvalue weighted by atomic mass is 16.4. The second-order valence-electron chi connectivity index (χ2n) is 17.0. The Morgan fingerprint density at radius 2 is 1.24 bits per heavy atom. The molecule has 72 heavy (non-hydrogen) atoms. The van der Waals surface area contributed by atoms with E-state index in [2.05, 4.69) is 47.2 Å². The van der Waals surface area contributed by atoms with E-state index in [4.69, 9.17) is 10.8 Å². The van der Waals surface area contributed by atoms with Crippen molar-refractivity contribution in [2.24, 2.45) is 11.7 Å². The van der Waals surface area contributed by atoms with E-state index in [0.717, 1.165) is 18.7 Å². The molecule has 402 valence electrons. The predicted octanol–water partition coefficient (Wildman–Crippen LogP) is -8.39. The second kappa shape index (κ2) is 29.1. The molecule has 1 saturated heterocycles. The van der Waals surface area contributed by atoms with Crippen LogP contribution in [0.25, 0.3) is 0 Å². The number of nitrogens with two attached hydrogens (primary N) is 1. The zero-order chi connectivity index (χ0) is 54.6. The normalized spacial score (nSPS) is 17.4. The van der Waals surface area contributed by atoms with Crippen molar-refractivity contribution in [3.8, 4) is 0 Å². The smallest absolute Gasteiger partial charge is 0.326 e. The standard InChI is InChI=1S/C41H64N12O19/c1-17(2)30(40(70)53-9-5-6-26(53)37(67)52-32(19(4)57)38(68)48-23(41(71)72)11-29(61)62)50-36(66)25(15-55)46-27(58)13-44-34(64)24(14-54)49-39(69)31(18(3)56)51-35(65)22(7-8-28(59)60)47-33(63)21(42)10-20-12-43-16-45-20/h12,16-19,21-26,30-32,54-57H,5-11,13-15,42H2,1-4H3,(H,43,45)(H,44,64)(H,46,58)(H,47,63)(H,48,68)(H,49,69)(H,50,66)(H,51,65)(H,52,67)(H,59,60)(H,61,62)(H,71,72)/t18-,19-,21+,22+,23+,24+,25+,26+,30+,31+,32+/m1/s1. The number of carbonyl (C=O) groups excluding carboxylic acids is 9. The highest BCUT2D eigenvalue weighted by Crippen LogP contribution is 2.21. The number of aliphatic hydroxyl groups excluding tert-OH is 4. The first-order valence-corrected chi connectivity index (χ1v) is 22.4. The van der Waals surface area contributed by atoms with Crippen LogP contribution in [0.1, 0.15) is 65.5 Å². The van der Waals surface area contributed by atoms with Crippen molar-refractivity contribution in [1.29, 1.82) is 0 Å². The Morgan fingerprint density at radius 1 is 0.694 bits per heavy atom. The molecule has 1 aromatic heterocycles. The number of aromatic nitrogens is 2. The summed E-state index contributed by atoms with van der Waals surface area (Å²) in [5, 5.41) is 85.4. The molecule has 1 aliphatic heterocycles. The van der Waals surface area contributed by atoms with Gasteiger partial charge in [0, 0.05) is 31.3 Å². The summed E-state index contributed by atoms with van der Waals surface area (Å²) in [6, 6.07) is -14.6. The number of amides is 9. The van der Waals surface area contributed by atoms with E-state index in [1.54, 1.807) is 0 Å². The summed E-state index contributed by atoms with van der Waals surface area (Å²) in [4.78, 5) is 160.